The van der Waals surface area contributed by atoms with Crippen molar-refractivity contribution in [3.05, 3.63) is 0 Å². The van der Waals surface area contributed by atoms with Crippen molar-refractivity contribution in [3.63, 3.8) is 0 Å². The van der Waals surface area contributed by atoms with E-state index in [4.69, 9.17) is 0 Å². The smallest absolute Gasteiger partial charge is 0.00385 e. The third-order valence-corrected chi connectivity index (χ3v) is 5.51. The quantitative estimate of drug-likeness (QED) is 0.691. The van der Waals surface area contributed by atoms with E-state index in [1.165, 1.54) is 51.6 Å². The molecule has 2 fully saturated rings. The van der Waals surface area contributed by atoms with Gasteiger partial charge >= 0.3 is 0 Å². The summed E-state index contributed by atoms with van der Waals surface area (Å²) in [5, 5.41) is 0. The number of piperidine rings is 1. The molecule has 1 heteroatoms. The molecule has 1 spiro atoms. The molecule has 0 N–H and O–H groups in total. The second-order valence-electron chi connectivity index (χ2n) is 7.23. The third-order valence-electron chi connectivity index (χ3n) is 5.51. The third kappa shape index (κ3) is 3.05. The molecular formula is C16H31N. The predicted molar refractivity (Wildman–Crippen MR) is 75.2 cm³/mol. The molecule has 0 amide bonds. The molecule has 0 aromatic carbocycles. The van der Waals surface area contributed by atoms with E-state index < -0.39 is 0 Å². The van der Waals surface area contributed by atoms with E-state index in [-0.39, 0.29) is 0 Å². The molecule has 1 aliphatic heterocycles. The summed E-state index contributed by atoms with van der Waals surface area (Å²) < 4.78 is 0. The van der Waals surface area contributed by atoms with Crippen LogP contribution in [-0.2, 0) is 0 Å². The summed E-state index contributed by atoms with van der Waals surface area (Å²) in [6.45, 7) is 12.2. The van der Waals surface area contributed by atoms with E-state index in [1.54, 1.807) is 0 Å². The van der Waals surface area contributed by atoms with Crippen LogP contribution in [0.1, 0.15) is 66.2 Å². The van der Waals surface area contributed by atoms with Gasteiger partial charge in [-0.15, -0.1) is 0 Å². The first-order valence-corrected chi connectivity index (χ1v) is 7.76. The highest BCUT2D eigenvalue weighted by Gasteiger charge is 2.39. The molecule has 1 atom stereocenters. The van der Waals surface area contributed by atoms with Gasteiger partial charge in [0.1, 0.15) is 0 Å². The Balaban J connectivity index is 1.93. The Morgan fingerprint density at radius 1 is 1.00 bits per heavy atom. The molecule has 1 saturated carbocycles. The van der Waals surface area contributed by atoms with Crippen LogP contribution in [0.5, 0.6) is 0 Å². The van der Waals surface area contributed by atoms with Gasteiger partial charge in [-0.2, -0.15) is 0 Å². The number of rotatable bonds is 2. The van der Waals surface area contributed by atoms with Crippen LogP contribution < -0.4 is 0 Å². The van der Waals surface area contributed by atoms with Crippen molar-refractivity contribution < 1.29 is 0 Å². The Labute approximate surface area is 108 Å². The van der Waals surface area contributed by atoms with Gasteiger partial charge in [-0.25, -0.2) is 0 Å². The summed E-state index contributed by atoms with van der Waals surface area (Å²) >= 11 is 0. The van der Waals surface area contributed by atoms with E-state index >= 15 is 0 Å². The highest BCUT2D eigenvalue weighted by Crippen LogP contribution is 2.48. The van der Waals surface area contributed by atoms with Gasteiger partial charge in [-0.3, -0.25) is 0 Å². The van der Waals surface area contributed by atoms with Crippen LogP contribution in [0.3, 0.4) is 0 Å². The fourth-order valence-electron chi connectivity index (χ4n) is 4.04. The maximum Gasteiger partial charge on any atom is 0.00385 e. The molecule has 17 heavy (non-hydrogen) atoms. The molecule has 1 saturated heterocycles. The molecule has 0 radical (unpaired) electrons. The summed E-state index contributed by atoms with van der Waals surface area (Å²) in [5.41, 5.74) is 0.735. The van der Waals surface area contributed by atoms with Gasteiger partial charge in [-0.05, 0) is 69.9 Å². The van der Waals surface area contributed by atoms with Crippen molar-refractivity contribution >= 4 is 0 Å². The van der Waals surface area contributed by atoms with Crippen molar-refractivity contribution in [2.45, 2.75) is 72.3 Å². The fraction of sp³-hybridized carbons (Fsp3) is 1.00. The lowest BCUT2D eigenvalue weighted by atomic mass is 9.62. The Kier molecular flexibility index (Phi) is 4.18. The van der Waals surface area contributed by atoms with Gasteiger partial charge in [0.15, 0.2) is 0 Å². The van der Waals surface area contributed by atoms with E-state index in [2.05, 4.69) is 32.6 Å². The van der Waals surface area contributed by atoms with E-state index in [9.17, 15) is 0 Å². The minimum atomic E-state index is 0.735. The summed E-state index contributed by atoms with van der Waals surface area (Å²) in [5.74, 6) is 1.91. The fourth-order valence-corrected chi connectivity index (χ4v) is 4.04. The molecule has 1 heterocycles. The SMILES string of the molecule is CC(C)C1CCCC2(CCN(C(C)C)CC2)C1. The molecule has 1 unspecified atom stereocenters. The Morgan fingerprint density at radius 3 is 2.18 bits per heavy atom. The van der Waals surface area contributed by atoms with Crippen LogP contribution in [0.2, 0.25) is 0 Å². The highest BCUT2D eigenvalue weighted by molar-refractivity contribution is 4.92. The van der Waals surface area contributed by atoms with E-state index in [1.807, 2.05) is 0 Å². The molecule has 0 aromatic heterocycles. The summed E-state index contributed by atoms with van der Waals surface area (Å²) in [7, 11) is 0. The summed E-state index contributed by atoms with van der Waals surface area (Å²) in [6, 6.07) is 0.747. The lowest BCUT2D eigenvalue weighted by Crippen LogP contribution is -2.45. The first-order valence-electron chi connectivity index (χ1n) is 7.76. The van der Waals surface area contributed by atoms with Crippen molar-refractivity contribution in [1.29, 1.82) is 0 Å². The highest BCUT2D eigenvalue weighted by atomic mass is 15.2. The van der Waals surface area contributed by atoms with Crippen molar-refractivity contribution in [2.75, 3.05) is 13.1 Å². The summed E-state index contributed by atoms with van der Waals surface area (Å²) in [4.78, 5) is 2.67. The topological polar surface area (TPSA) is 3.24 Å². The van der Waals surface area contributed by atoms with Gasteiger partial charge in [0.25, 0.3) is 0 Å². The van der Waals surface area contributed by atoms with Gasteiger partial charge < -0.3 is 4.90 Å². The number of likely N-dealkylation sites (tertiary alicyclic amines) is 1. The van der Waals surface area contributed by atoms with Crippen LogP contribution in [0.25, 0.3) is 0 Å². The van der Waals surface area contributed by atoms with Crippen LogP contribution in [0.4, 0.5) is 0 Å². The van der Waals surface area contributed by atoms with Gasteiger partial charge in [0.2, 0.25) is 0 Å². The minimum Gasteiger partial charge on any atom is -0.301 e. The Morgan fingerprint density at radius 2 is 1.65 bits per heavy atom. The number of hydrogen-bond acceptors (Lipinski definition) is 1. The lowest BCUT2D eigenvalue weighted by molar-refractivity contribution is 0.0240. The molecule has 2 rings (SSSR count). The van der Waals surface area contributed by atoms with Gasteiger partial charge in [-0.1, -0.05) is 26.7 Å². The van der Waals surface area contributed by atoms with E-state index in [0.717, 1.165) is 23.3 Å². The second kappa shape index (κ2) is 5.30. The van der Waals surface area contributed by atoms with Crippen molar-refractivity contribution in [2.24, 2.45) is 17.3 Å². The lowest BCUT2D eigenvalue weighted by Gasteiger charge is -2.48. The minimum absolute atomic E-state index is 0.735. The molecule has 0 bridgehead atoms. The van der Waals surface area contributed by atoms with Crippen molar-refractivity contribution in [3.8, 4) is 0 Å². The average molecular weight is 237 g/mol. The Hall–Kier alpha value is -0.0400. The molecule has 2 aliphatic rings. The van der Waals surface area contributed by atoms with Crippen LogP contribution >= 0.6 is 0 Å². The zero-order chi connectivity index (χ0) is 12.5. The molecule has 1 nitrogen and oxygen atoms in total. The van der Waals surface area contributed by atoms with Crippen LogP contribution in [-0.4, -0.2) is 24.0 Å². The monoisotopic (exact) mass is 237 g/mol. The summed E-state index contributed by atoms with van der Waals surface area (Å²) in [6.07, 6.45) is 8.96. The van der Waals surface area contributed by atoms with Gasteiger partial charge in [0.05, 0.1) is 0 Å². The van der Waals surface area contributed by atoms with Gasteiger partial charge in [0, 0.05) is 6.04 Å². The zero-order valence-corrected chi connectivity index (χ0v) is 12.3. The largest absolute Gasteiger partial charge is 0.301 e. The standard InChI is InChI=1S/C16H31N/c1-13(2)15-6-5-7-16(12-15)8-10-17(11-9-16)14(3)4/h13-15H,5-12H2,1-4H3. The number of hydrogen-bond donors (Lipinski definition) is 0. The van der Waals surface area contributed by atoms with Crippen LogP contribution in [0.15, 0.2) is 0 Å². The van der Waals surface area contributed by atoms with E-state index in [0.29, 0.717) is 0 Å². The molecule has 1 aliphatic carbocycles. The van der Waals surface area contributed by atoms with Crippen molar-refractivity contribution in [1.82, 2.24) is 4.90 Å². The predicted octanol–water partition coefficient (Wildman–Crippen LogP) is 4.32. The first kappa shape index (κ1) is 13.4. The maximum atomic E-state index is 2.67. The zero-order valence-electron chi connectivity index (χ0n) is 12.3. The average Bonchev–Trinajstić information content (AvgIpc) is 2.29. The molecule has 0 aromatic rings. The van der Waals surface area contributed by atoms with Crippen LogP contribution in [0, 0.1) is 17.3 Å². The Bertz CT molecular complexity index is 236. The normalized spacial score (nSPS) is 30.4. The second-order valence-corrected chi connectivity index (χ2v) is 7.23. The molecule has 100 valence electrons. The first-order chi connectivity index (χ1) is 8.02. The number of nitrogens with zero attached hydrogens (tertiary/aromatic N) is 1. The maximum absolute atomic E-state index is 2.67. The molecular weight excluding hydrogens is 206 g/mol.